The minimum atomic E-state index is -0.399. The first-order valence-corrected chi connectivity index (χ1v) is 5.49. The van der Waals surface area contributed by atoms with Gasteiger partial charge >= 0.3 is 0 Å². The summed E-state index contributed by atoms with van der Waals surface area (Å²) < 4.78 is 13.8. The van der Waals surface area contributed by atoms with E-state index in [-0.39, 0.29) is 22.2 Å². The summed E-state index contributed by atoms with van der Waals surface area (Å²) in [7, 11) is 0. The molecule has 0 radical (unpaired) electrons. The maximum absolute atomic E-state index is 13.8. The molecule has 0 aliphatic rings. The average Bonchev–Trinajstić information content (AvgIpc) is 2.35. The number of nitrogens with one attached hydrogen (secondary N) is 1. The van der Waals surface area contributed by atoms with Crippen LogP contribution in [0.25, 0.3) is 0 Å². The summed E-state index contributed by atoms with van der Waals surface area (Å²) >= 11 is 5.75. The predicted molar refractivity (Wildman–Crippen MR) is 66.8 cm³/mol. The molecule has 1 aromatic carbocycles. The molecule has 2 aromatic rings. The van der Waals surface area contributed by atoms with Crippen LogP contribution in [0.15, 0.2) is 24.5 Å². The Balaban J connectivity index is 2.43. The standard InChI is InChI=1S/C12H9ClFN3O/c1-7-3-2-4-9(10(7)14)17-12-8(5-18)11(13)15-6-16-12/h2-6H,1H3,(H,15,16,17). The summed E-state index contributed by atoms with van der Waals surface area (Å²) in [6.45, 7) is 1.65. The fraction of sp³-hybridized carbons (Fsp3) is 0.0833. The van der Waals surface area contributed by atoms with Gasteiger partial charge in [0.15, 0.2) is 6.29 Å². The summed E-state index contributed by atoms with van der Waals surface area (Å²) in [6, 6.07) is 4.89. The van der Waals surface area contributed by atoms with Crippen LogP contribution in [0.2, 0.25) is 5.15 Å². The summed E-state index contributed by atoms with van der Waals surface area (Å²) in [6.07, 6.45) is 1.73. The fourth-order valence-electron chi connectivity index (χ4n) is 1.45. The highest BCUT2D eigenvalue weighted by molar-refractivity contribution is 6.32. The third kappa shape index (κ3) is 2.31. The van der Waals surface area contributed by atoms with E-state index in [0.717, 1.165) is 0 Å². The molecule has 92 valence electrons. The number of halogens is 2. The third-order valence-electron chi connectivity index (χ3n) is 2.40. The van der Waals surface area contributed by atoms with E-state index in [4.69, 9.17) is 11.6 Å². The van der Waals surface area contributed by atoms with Crippen LogP contribution in [-0.2, 0) is 0 Å². The number of aromatic nitrogens is 2. The Kier molecular flexibility index (Phi) is 3.53. The number of aryl methyl sites for hydroxylation is 1. The van der Waals surface area contributed by atoms with Gasteiger partial charge in [-0.2, -0.15) is 0 Å². The molecule has 0 saturated carbocycles. The van der Waals surface area contributed by atoms with Crippen molar-refractivity contribution in [3.05, 3.63) is 46.6 Å². The van der Waals surface area contributed by atoms with Crippen LogP contribution in [0.5, 0.6) is 0 Å². The Morgan fingerprint density at radius 3 is 2.89 bits per heavy atom. The number of carbonyl (C=O) groups excluding carboxylic acids is 1. The summed E-state index contributed by atoms with van der Waals surface area (Å²) in [5.74, 6) is -0.224. The van der Waals surface area contributed by atoms with Gasteiger partial charge < -0.3 is 5.32 Å². The fourth-order valence-corrected chi connectivity index (χ4v) is 1.63. The minimum Gasteiger partial charge on any atom is -0.337 e. The lowest BCUT2D eigenvalue weighted by molar-refractivity contribution is 0.112. The normalized spacial score (nSPS) is 10.2. The molecule has 0 spiro atoms. The van der Waals surface area contributed by atoms with Crippen molar-refractivity contribution in [1.82, 2.24) is 9.97 Å². The Hall–Kier alpha value is -2.01. The number of rotatable bonds is 3. The molecule has 1 heterocycles. The molecule has 1 N–H and O–H groups in total. The minimum absolute atomic E-state index is 0.0237. The lowest BCUT2D eigenvalue weighted by atomic mass is 10.2. The maximum Gasteiger partial charge on any atom is 0.156 e. The van der Waals surface area contributed by atoms with Crippen molar-refractivity contribution < 1.29 is 9.18 Å². The van der Waals surface area contributed by atoms with E-state index in [9.17, 15) is 9.18 Å². The molecule has 0 aliphatic heterocycles. The van der Waals surface area contributed by atoms with E-state index in [1.807, 2.05) is 0 Å². The van der Waals surface area contributed by atoms with E-state index < -0.39 is 5.82 Å². The molecule has 2 rings (SSSR count). The van der Waals surface area contributed by atoms with Gasteiger partial charge in [-0.05, 0) is 18.6 Å². The second-order valence-corrected chi connectivity index (χ2v) is 3.96. The molecule has 4 nitrogen and oxygen atoms in total. The number of benzene rings is 1. The van der Waals surface area contributed by atoms with Gasteiger partial charge in [0.25, 0.3) is 0 Å². The van der Waals surface area contributed by atoms with Crippen LogP contribution in [0.3, 0.4) is 0 Å². The zero-order chi connectivity index (χ0) is 13.1. The Morgan fingerprint density at radius 2 is 2.17 bits per heavy atom. The summed E-state index contributed by atoms with van der Waals surface area (Å²) in [4.78, 5) is 18.4. The second kappa shape index (κ2) is 5.10. The highest BCUT2D eigenvalue weighted by atomic mass is 35.5. The maximum atomic E-state index is 13.8. The van der Waals surface area contributed by atoms with Crippen molar-refractivity contribution in [2.45, 2.75) is 6.92 Å². The quantitative estimate of drug-likeness (QED) is 0.684. The van der Waals surface area contributed by atoms with Crippen molar-refractivity contribution >= 4 is 29.4 Å². The largest absolute Gasteiger partial charge is 0.337 e. The molecule has 0 unspecified atom stereocenters. The first kappa shape index (κ1) is 12.4. The number of hydrogen-bond donors (Lipinski definition) is 1. The third-order valence-corrected chi connectivity index (χ3v) is 2.70. The molecule has 0 atom stereocenters. The van der Waals surface area contributed by atoms with Crippen molar-refractivity contribution in [3.63, 3.8) is 0 Å². The molecule has 18 heavy (non-hydrogen) atoms. The van der Waals surface area contributed by atoms with Crippen molar-refractivity contribution in [1.29, 1.82) is 0 Å². The van der Waals surface area contributed by atoms with E-state index in [1.54, 1.807) is 25.1 Å². The zero-order valence-corrected chi connectivity index (χ0v) is 10.2. The van der Waals surface area contributed by atoms with Gasteiger partial charge in [0.1, 0.15) is 23.1 Å². The Labute approximate surface area is 108 Å². The second-order valence-electron chi connectivity index (χ2n) is 3.61. The van der Waals surface area contributed by atoms with Gasteiger partial charge in [-0.1, -0.05) is 23.7 Å². The average molecular weight is 266 g/mol. The smallest absolute Gasteiger partial charge is 0.156 e. The lowest BCUT2D eigenvalue weighted by Crippen LogP contribution is -2.02. The van der Waals surface area contributed by atoms with Crippen LogP contribution < -0.4 is 5.32 Å². The van der Waals surface area contributed by atoms with E-state index in [1.165, 1.54) is 6.33 Å². The van der Waals surface area contributed by atoms with Gasteiger partial charge in [0.2, 0.25) is 0 Å². The van der Waals surface area contributed by atoms with Gasteiger partial charge in [0.05, 0.1) is 11.3 Å². The molecule has 0 saturated heterocycles. The molecule has 1 aromatic heterocycles. The first-order valence-electron chi connectivity index (χ1n) is 5.11. The number of nitrogens with zero attached hydrogens (tertiary/aromatic N) is 2. The SMILES string of the molecule is Cc1cccc(Nc2ncnc(Cl)c2C=O)c1F. The molecule has 6 heteroatoms. The number of hydrogen-bond acceptors (Lipinski definition) is 4. The van der Waals surface area contributed by atoms with Gasteiger partial charge in [-0.15, -0.1) is 0 Å². The summed E-state index contributed by atoms with van der Waals surface area (Å²) in [5, 5.41) is 2.76. The highest BCUT2D eigenvalue weighted by Crippen LogP contribution is 2.24. The van der Waals surface area contributed by atoms with Gasteiger partial charge in [-0.25, -0.2) is 14.4 Å². The lowest BCUT2D eigenvalue weighted by Gasteiger charge is -2.10. The van der Waals surface area contributed by atoms with Crippen molar-refractivity contribution in [2.75, 3.05) is 5.32 Å². The van der Waals surface area contributed by atoms with Crippen molar-refractivity contribution in [2.24, 2.45) is 0 Å². The molecule has 0 amide bonds. The number of carbonyl (C=O) groups is 1. The highest BCUT2D eigenvalue weighted by Gasteiger charge is 2.11. The van der Waals surface area contributed by atoms with Crippen LogP contribution in [0, 0.1) is 12.7 Å². The molecule has 0 fully saturated rings. The van der Waals surface area contributed by atoms with E-state index >= 15 is 0 Å². The van der Waals surface area contributed by atoms with E-state index in [0.29, 0.717) is 11.8 Å². The van der Waals surface area contributed by atoms with Crippen LogP contribution >= 0.6 is 11.6 Å². The first-order chi connectivity index (χ1) is 8.63. The molecular weight excluding hydrogens is 257 g/mol. The Morgan fingerprint density at radius 1 is 1.39 bits per heavy atom. The predicted octanol–water partition coefficient (Wildman–Crippen LogP) is 3.13. The van der Waals surface area contributed by atoms with E-state index in [2.05, 4.69) is 15.3 Å². The number of aldehydes is 1. The van der Waals surface area contributed by atoms with Crippen LogP contribution in [0.4, 0.5) is 15.9 Å². The molecular formula is C12H9ClFN3O. The van der Waals surface area contributed by atoms with Crippen LogP contribution in [0.1, 0.15) is 15.9 Å². The van der Waals surface area contributed by atoms with Gasteiger partial charge in [0, 0.05) is 0 Å². The Bertz CT molecular complexity index is 604. The molecule has 0 bridgehead atoms. The number of anilines is 2. The molecule has 0 aliphatic carbocycles. The summed E-state index contributed by atoms with van der Waals surface area (Å²) in [5.41, 5.74) is 0.820. The van der Waals surface area contributed by atoms with Crippen LogP contribution in [-0.4, -0.2) is 16.3 Å². The monoisotopic (exact) mass is 265 g/mol. The zero-order valence-electron chi connectivity index (χ0n) is 9.45. The topological polar surface area (TPSA) is 54.9 Å². The van der Waals surface area contributed by atoms with Gasteiger partial charge in [-0.3, -0.25) is 4.79 Å². The van der Waals surface area contributed by atoms with Crippen molar-refractivity contribution in [3.8, 4) is 0 Å².